The Morgan fingerprint density at radius 1 is 1.03 bits per heavy atom. The molecule has 6 heteroatoms. The zero-order chi connectivity index (χ0) is 22.1. The van der Waals surface area contributed by atoms with Crippen LogP contribution in [0.1, 0.15) is 67.6 Å². The zero-order valence-electron chi connectivity index (χ0n) is 18.5. The van der Waals surface area contributed by atoms with Crippen molar-refractivity contribution < 1.29 is 19.4 Å². The van der Waals surface area contributed by atoms with Crippen molar-refractivity contribution in [2.24, 2.45) is 5.10 Å². The fourth-order valence-electron chi connectivity index (χ4n) is 4.19. The van der Waals surface area contributed by atoms with Gasteiger partial charge in [0.1, 0.15) is 11.5 Å². The summed E-state index contributed by atoms with van der Waals surface area (Å²) in [5.41, 5.74) is 7.02. The maximum atomic E-state index is 11.0. The third kappa shape index (κ3) is 3.99. The van der Waals surface area contributed by atoms with Crippen LogP contribution < -0.4 is 14.9 Å². The Kier molecular flexibility index (Phi) is 5.79. The van der Waals surface area contributed by atoms with E-state index in [-0.39, 0.29) is 16.4 Å². The summed E-state index contributed by atoms with van der Waals surface area (Å²) in [6.07, 6.45) is 3.85. The predicted octanol–water partition coefficient (Wildman–Crippen LogP) is 5.20. The molecule has 2 N–H and O–H groups in total. The van der Waals surface area contributed by atoms with Crippen molar-refractivity contribution in [2.45, 2.75) is 51.4 Å². The maximum Gasteiger partial charge on any atom is 0.335 e. The van der Waals surface area contributed by atoms with Crippen molar-refractivity contribution in [1.82, 2.24) is 0 Å². The van der Waals surface area contributed by atoms with Crippen molar-refractivity contribution in [3.8, 4) is 11.5 Å². The number of nitrogens with zero attached hydrogens (tertiary/aromatic N) is 1. The number of nitrogens with one attached hydrogen (secondary N) is 1. The highest BCUT2D eigenvalue weighted by molar-refractivity contribution is 5.88. The minimum atomic E-state index is -0.957. The van der Waals surface area contributed by atoms with Crippen molar-refractivity contribution >= 4 is 17.9 Å². The number of hydrogen-bond donors (Lipinski definition) is 2. The van der Waals surface area contributed by atoms with Crippen molar-refractivity contribution in [3.05, 3.63) is 52.6 Å². The maximum absolute atomic E-state index is 11.0. The van der Waals surface area contributed by atoms with Crippen LogP contribution in [-0.2, 0) is 10.8 Å². The fourth-order valence-corrected chi connectivity index (χ4v) is 4.19. The van der Waals surface area contributed by atoms with Gasteiger partial charge < -0.3 is 14.6 Å². The second kappa shape index (κ2) is 8.01. The van der Waals surface area contributed by atoms with E-state index in [4.69, 9.17) is 14.6 Å². The van der Waals surface area contributed by atoms with Gasteiger partial charge in [-0.1, -0.05) is 27.7 Å². The number of hydrogen-bond acceptors (Lipinski definition) is 5. The molecule has 0 heterocycles. The molecule has 0 saturated carbocycles. The number of anilines is 1. The van der Waals surface area contributed by atoms with Crippen LogP contribution in [0.5, 0.6) is 11.5 Å². The number of carbonyl (C=O) groups is 1. The third-order valence-corrected chi connectivity index (χ3v) is 5.95. The van der Waals surface area contributed by atoms with Gasteiger partial charge in [-0.15, -0.1) is 0 Å². The standard InChI is InChI=1S/C24H30N2O4/c1-23(2)11-12-24(3,4)20-19(23)18(29-5)13-16(21(20)30-6)14-25-26-17-9-7-15(8-10-17)22(27)28/h7-10,13-14,26H,11-12H2,1-6H3,(H,27,28). The zero-order valence-corrected chi connectivity index (χ0v) is 18.5. The van der Waals surface area contributed by atoms with E-state index in [1.54, 1.807) is 32.6 Å². The Morgan fingerprint density at radius 3 is 2.17 bits per heavy atom. The van der Waals surface area contributed by atoms with Gasteiger partial charge in [0.05, 0.1) is 31.7 Å². The molecule has 2 aromatic carbocycles. The minimum absolute atomic E-state index is 0.0106. The van der Waals surface area contributed by atoms with Crippen LogP contribution in [0.25, 0.3) is 0 Å². The summed E-state index contributed by atoms with van der Waals surface area (Å²) in [4.78, 5) is 11.0. The SMILES string of the molecule is COc1cc(C=NNc2ccc(C(=O)O)cc2)c(OC)c2c1C(C)(C)CCC2(C)C. The van der Waals surface area contributed by atoms with Gasteiger partial charge in [-0.05, 0) is 54.0 Å². The van der Waals surface area contributed by atoms with Crippen LogP contribution in [0.4, 0.5) is 5.69 Å². The normalized spacial score (nSPS) is 16.7. The molecule has 0 saturated heterocycles. The second-order valence-electron chi connectivity index (χ2n) is 8.97. The van der Waals surface area contributed by atoms with Crippen molar-refractivity contribution in [1.29, 1.82) is 0 Å². The first-order valence-corrected chi connectivity index (χ1v) is 10.0. The Labute approximate surface area is 177 Å². The summed E-state index contributed by atoms with van der Waals surface area (Å²) in [6.45, 7) is 8.98. The van der Waals surface area contributed by atoms with Crippen LogP contribution >= 0.6 is 0 Å². The molecular formula is C24H30N2O4. The second-order valence-corrected chi connectivity index (χ2v) is 8.97. The first kappa shape index (κ1) is 21.7. The Bertz CT molecular complexity index is 976. The van der Waals surface area contributed by atoms with Crippen LogP contribution in [0.15, 0.2) is 35.4 Å². The van der Waals surface area contributed by atoms with Crippen LogP contribution in [0, 0.1) is 0 Å². The lowest BCUT2D eigenvalue weighted by molar-refractivity contribution is 0.0697. The predicted molar refractivity (Wildman–Crippen MR) is 119 cm³/mol. The molecule has 0 atom stereocenters. The van der Waals surface area contributed by atoms with Crippen molar-refractivity contribution in [3.63, 3.8) is 0 Å². The molecule has 0 bridgehead atoms. The van der Waals surface area contributed by atoms with E-state index in [0.717, 1.165) is 29.9 Å². The molecule has 160 valence electrons. The van der Waals surface area contributed by atoms with Gasteiger partial charge in [-0.3, -0.25) is 5.43 Å². The molecule has 0 unspecified atom stereocenters. The van der Waals surface area contributed by atoms with Gasteiger partial charge in [0.2, 0.25) is 0 Å². The highest BCUT2D eigenvalue weighted by Gasteiger charge is 2.42. The lowest BCUT2D eigenvalue weighted by atomic mass is 9.62. The molecule has 0 fully saturated rings. The molecule has 30 heavy (non-hydrogen) atoms. The largest absolute Gasteiger partial charge is 0.496 e. The molecule has 1 aliphatic carbocycles. The number of carboxylic acids is 1. The lowest BCUT2D eigenvalue weighted by Crippen LogP contribution is -2.35. The molecule has 1 aliphatic rings. The van der Waals surface area contributed by atoms with Crippen LogP contribution in [-0.4, -0.2) is 31.5 Å². The van der Waals surface area contributed by atoms with E-state index in [1.165, 1.54) is 23.3 Å². The molecule has 0 aromatic heterocycles. The summed E-state index contributed by atoms with van der Waals surface area (Å²) in [5.74, 6) is 0.702. The highest BCUT2D eigenvalue weighted by Crippen LogP contribution is 2.53. The molecule has 6 nitrogen and oxygen atoms in total. The van der Waals surface area contributed by atoms with Gasteiger partial charge in [-0.25, -0.2) is 4.79 Å². The molecular weight excluding hydrogens is 380 g/mol. The van der Waals surface area contributed by atoms with E-state index in [2.05, 4.69) is 38.2 Å². The Balaban J connectivity index is 2.01. The summed E-state index contributed by atoms with van der Waals surface area (Å²) in [5, 5.41) is 13.4. The first-order valence-electron chi connectivity index (χ1n) is 10.0. The molecule has 2 aromatic rings. The molecule has 0 amide bonds. The average Bonchev–Trinajstić information content (AvgIpc) is 2.70. The number of benzene rings is 2. The number of ether oxygens (including phenoxy) is 2. The van der Waals surface area contributed by atoms with Crippen LogP contribution in [0.3, 0.4) is 0 Å². The summed E-state index contributed by atoms with van der Waals surface area (Å²) in [7, 11) is 3.39. The van der Waals surface area contributed by atoms with Gasteiger partial charge in [0.25, 0.3) is 0 Å². The number of aromatic carboxylic acids is 1. The summed E-state index contributed by atoms with van der Waals surface area (Å²) in [6, 6.07) is 8.40. The van der Waals surface area contributed by atoms with E-state index >= 15 is 0 Å². The van der Waals surface area contributed by atoms with Gasteiger partial charge in [0, 0.05) is 16.7 Å². The first-order chi connectivity index (χ1) is 14.1. The number of rotatable bonds is 6. The quantitative estimate of drug-likeness (QED) is 0.506. The van der Waals surface area contributed by atoms with E-state index in [9.17, 15) is 4.79 Å². The topological polar surface area (TPSA) is 80.2 Å². The minimum Gasteiger partial charge on any atom is -0.496 e. The average molecular weight is 411 g/mol. The third-order valence-electron chi connectivity index (χ3n) is 5.95. The molecule has 3 rings (SSSR count). The molecule has 0 spiro atoms. The van der Waals surface area contributed by atoms with E-state index < -0.39 is 5.97 Å². The smallest absolute Gasteiger partial charge is 0.335 e. The van der Waals surface area contributed by atoms with Gasteiger partial charge in [-0.2, -0.15) is 5.10 Å². The Hall–Kier alpha value is -3.02. The fraction of sp³-hybridized carbons (Fsp3) is 0.417. The van der Waals surface area contributed by atoms with E-state index in [1.807, 2.05) is 6.07 Å². The number of fused-ring (bicyclic) bond motifs is 1. The van der Waals surface area contributed by atoms with Crippen molar-refractivity contribution in [2.75, 3.05) is 19.6 Å². The number of carboxylic acid groups (broad SMARTS) is 1. The molecule has 0 aliphatic heterocycles. The monoisotopic (exact) mass is 410 g/mol. The lowest BCUT2D eigenvalue weighted by Gasteiger charge is -2.43. The van der Waals surface area contributed by atoms with Gasteiger partial charge >= 0.3 is 5.97 Å². The molecule has 0 radical (unpaired) electrons. The summed E-state index contributed by atoms with van der Waals surface area (Å²) < 4.78 is 11.7. The van der Waals surface area contributed by atoms with Gasteiger partial charge in [0.15, 0.2) is 0 Å². The summed E-state index contributed by atoms with van der Waals surface area (Å²) >= 11 is 0. The van der Waals surface area contributed by atoms with E-state index in [0.29, 0.717) is 5.69 Å². The Morgan fingerprint density at radius 2 is 1.63 bits per heavy atom. The van der Waals surface area contributed by atoms with Crippen LogP contribution in [0.2, 0.25) is 0 Å². The number of methoxy groups -OCH3 is 2. The highest BCUT2D eigenvalue weighted by atomic mass is 16.5. The number of hydrazone groups is 1.